The first kappa shape index (κ1) is 24.1. The number of fused-ring (bicyclic) bond motifs is 2. The minimum absolute atomic E-state index is 0.127. The number of nitrogens with zero attached hydrogens (tertiary/aromatic N) is 1. The second kappa shape index (κ2) is 7.78. The van der Waals surface area contributed by atoms with Gasteiger partial charge in [0.2, 0.25) is 0 Å². The monoisotopic (exact) mass is 511 g/mol. The molecule has 3 aliphatic heterocycles. The van der Waals surface area contributed by atoms with Crippen LogP contribution in [0.4, 0.5) is 0 Å². The van der Waals surface area contributed by atoms with Gasteiger partial charge in [-0.15, -0.1) is 0 Å². The van der Waals surface area contributed by atoms with E-state index in [4.69, 9.17) is 14.2 Å². The van der Waals surface area contributed by atoms with Crippen molar-refractivity contribution in [3.8, 4) is 0 Å². The number of aliphatic hydroxyl groups is 2. The van der Waals surface area contributed by atoms with Crippen molar-refractivity contribution in [1.82, 2.24) is 4.90 Å². The number of methoxy groups -OCH3 is 1. The summed E-state index contributed by atoms with van der Waals surface area (Å²) >= 11 is 0. The molecule has 3 heterocycles. The van der Waals surface area contributed by atoms with E-state index in [1.807, 2.05) is 6.07 Å². The van der Waals surface area contributed by atoms with Gasteiger partial charge in [0.15, 0.2) is 0 Å². The fourth-order valence-corrected chi connectivity index (χ4v) is 10.4. The first-order chi connectivity index (χ1) is 17.7. The van der Waals surface area contributed by atoms with E-state index in [-0.39, 0.29) is 36.1 Å². The highest BCUT2D eigenvalue weighted by Gasteiger charge is 2.86. The van der Waals surface area contributed by atoms with Gasteiger partial charge in [0, 0.05) is 48.8 Å². The molecule has 8 heteroatoms. The van der Waals surface area contributed by atoms with Crippen LogP contribution in [-0.2, 0) is 19.0 Å². The van der Waals surface area contributed by atoms with E-state index in [0.29, 0.717) is 37.8 Å². The SMILES string of the molecule is CCN1C[C@]2(C)C(O)CC(OC)C34C5C[C@@H]6CC[C@@](O)(C5C(=O)O6)[C@H]([C@@H](OC(=O)c5ccccc5)C32)[C@@H]14. The number of aliphatic hydroxyl groups excluding tert-OH is 1. The Morgan fingerprint density at radius 3 is 2.70 bits per heavy atom. The van der Waals surface area contributed by atoms with E-state index in [0.717, 1.165) is 6.54 Å². The maximum absolute atomic E-state index is 13.6. The summed E-state index contributed by atoms with van der Waals surface area (Å²) in [4.78, 5) is 29.5. The Bertz CT molecular complexity index is 1130. The summed E-state index contributed by atoms with van der Waals surface area (Å²) in [5.74, 6) is -2.38. The number of hydrogen-bond acceptors (Lipinski definition) is 8. The molecule has 0 amide bonds. The van der Waals surface area contributed by atoms with Crippen LogP contribution >= 0.6 is 0 Å². The van der Waals surface area contributed by atoms with Crippen molar-refractivity contribution in [1.29, 1.82) is 0 Å². The average molecular weight is 512 g/mol. The fraction of sp³-hybridized carbons (Fsp3) is 0.724. The Hall–Kier alpha value is -2.00. The number of carbonyl (C=O) groups excluding carboxylic acids is 2. The molecular formula is C29H37NO7. The summed E-state index contributed by atoms with van der Waals surface area (Å²) in [5.41, 5.74) is -2.05. The van der Waals surface area contributed by atoms with E-state index >= 15 is 0 Å². The molecule has 8 rings (SSSR count). The highest BCUT2D eigenvalue weighted by atomic mass is 16.6. The highest BCUT2D eigenvalue weighted by Crippen LogP contribution is 2.77. The molecule has 4 saturated carbocycles. The van der Waals surface area contributed by atoms with Crippen molar-refractivity contribution in [3.63, 3.8) is 0 Å². The Kier molecular flexibility index (Phi) is 5.06. The predicted octanol–water partition coefficient (Wildman–Crippen LogP) is 2.02. The van der Waals surface area contributed by atoms with Gasteiger partial charge in [0.05, 0.1) is 29.3 Å². The molecule has 1 aromatic carbocycles. The van der Waals surface area contributed by atoms with Crippen LogP contribution in [0, 0.1) is 34.5 Å². The molecule has 8 nitrogen and oxygen atoms in total. The van der Waals surface area contributed by atoms with Gasteiger partial charge in [-0.3, -0.25) is 9.69 Å². The van der Waals surface area contributed by atoms with E-state index in [9.17, 15) is 19.8 Å². The van der Waals surface area contributed by atoms with Gasteiger partial charge in [0.25, 0.3) is 0 Å². The first-order valence-corrected chi connectivity index (χ1v) is 13.9. The number of esters is 2. The van der Waals surface area contributed by atoms with Crippen molar-refractivity contribution in [2.75, 3.05) is 20.2 Å². The largest absolute Gasteiger partial charge is 0.462 e. The molecule has 0 radical (unpaired) electrons. The molecule has 12 atom stereocenters. The zero-order valence-electron chi connectivity index (χ0n) is 21.7. The number of carbonyl (C=O) groups is 2. The lowest BCUT2D eigenvalue weighted by Crippen LogP contribution is -2.78. The van der Waals surface area contributed by atoms with Gasteiger partial charge >= 0.3 is 11.9 Å². The van der Waals surface area contributed by atoms with Crippen LogP contribution in [0.1, 0.15) is 49.9 Å². The fourth-order valence-electron chi connectivity index (χ4n) is 10.4. The summed E-state index contributed by atoms with van der Waals surface area (Å²) in [6.45, 7) is 5.60. The van der Waals surface area contributed by atoms with Gasteiger partial charge < -0.3 is 24.4 Å². The minimum atomic E-state index is -1.36. The maximum Gasteiger partial charge on any atom is 0.338 e. The van der Waals surface area contributed by atoms with Crippen LogP contribution < -0.4 is 0 Å². The van der Waals surface area contributed by atoms with Crippen LogP contribution in [0.3, 0.4) is 0 Å². The van der Waals surface area contributed by atoms with Crippen LogP contribution in [0.2, 0.25) is 0 Å². The Labute approximate surface area is 217 Å². The topological polar surface area (TPSA) is 106 Å². The highest BCUT2D eigenvalue weighted by molar-refractivity contribution is 5.89. The zero-order chi connectivity index (χ0) is 25.9. The van der Waals surface area contributed by atoms with E-state index in [1.54, 1.807) is 31.4 Å². The number of ether oxygens (including phenoxy) is 3. The van der Waals surface area contributed by atoms with Crippen LogP contribution in [0.15, 0.2) is 30.3 Å². The molecule has 1 aromatic rings. The molecule has 4 aliphatic carbocycles. The third kappa shape index (κ3) is 2.73. The lowest BCUT2D eigenvalue weighted by atomic mass is 9.42. The summed E-state index contributed by atoms with van der Waals surface area (Å²) in [7, 11) is 1.69. The summed E-state index contributed by atoms with van der Waals surface area (Å²) in [6, 6.07) is 8.81. The molecule has 200 valence electrons. The third-order valence-corrected chi connectivity index (χ3v) is 11.5. The summed E-state index contributed by atoms with van der Waals surface area (Å²) in [6.07, 6.45) is 0.280. The lowest BCUT2D eigenvalue weighted by molar-refractivity contribution is -0.287. The minimum Gasteiger partial charge on any atom is -0.462 e. The first-order valence-electron chi connectivity index (χ1n) is 13.9. The molecule has 7 aliphatic rings. The van der Waals surface area contributed by atoms with Crippen molar-refractivity contribution < 1.29 is 34.0 Å². The predicted molar refractivity (Wildman–Crippen MR) is 131 cm³/mol. The average Bonchev–Trinajstić information content (AvgIpc) is 2.94. The molecule has 0 aromatic heterocycles. The van der Waals surface area contributed by atoms with Gasteiger partial charge in [-0.1, -0.05) is 32.0 Å². The number of hydrogen-bond donors (Lipinski definition) is 2. The van der Waals surface area contributed by atoms with Gasteiger partial charge in [-0.05, 0) is 43.9 Å². The number of benzene rings is 1. The smallest absolute Gasteiger partial charge is 0.338 e. The molecule has 9 bridgehead atoms. The Morgan fingerprint density at radius 1 is 1.24 bits per heavy atom. The van der Waals surface area contributed by atoms with Crippen LogP contribution in [0.25, 0.3) is 0 Å². The van der Waals surface area contributed by atoms with Crippen molar-refractivity contribution >= 4 is 11.9 Å². The Morgan fingerprint density at radius 2 is 2.00 bits per heavy atom. The zero-order valence-corrected chi connectivity index (χ0v) is 21.7. The number of rotatable bonds is 4. The second-order valence-electron chi connectivity index (χ2n) is 12.6. The van der Waals surface area contributed by atoms with Crippen LogP contribution in [-0.4, -0.2) is 83.3 Å². The number of likely N-dealkylation sites (tertiary alicyclic amines) is 1. The van der Waals surface area contributed by atoms with Crippen molar-refractivity contribution in [2.24, 2.45) is 34.5 Å². The van der Waals surface area contributed by atoms with Crippen molar-refractivity contribution in [2.45, 2.75) is 75.6 Å². The van der Waals surface area contributed by atoms with Crippen molar-refractivity contribution in [3.05, 3.63) is 35.9 Å². The second-order valence-corrected chi connectivity index (χ2v) is 12.6. The molecule has 3 saturated heterocycles. The Balaban J connectivity index is 1.48. The summed E-state index contributed by atoms with van der Waals surface area (Å²) < 4.78 is 18.5. The standard InChI is InChI=1S/C29H37NO7/c1-4-30-14-27(2)18(31)13-19(35-3)29-17-12-16-10-11-28(34,20(17)26(33)36-16)21(24(29)30)22(23(27)29)37-25(32)15-8-6-5-7-9-15/h5-9,16-24,31,34H,4,10-14H2,1-3H3/t16-,17?,18?,19?,20?,21+,22+,23?,24+,27+,28+,29?/m0/s1. The molecule has 37 heavy (non-hydrogen) atoms. The third-order valence-electron chi connectivity index (χ3n) is 11.5. The van der Waals surface area contributed by atoms with Gasteiger partial charge in [0.1, 0.15) is 12.2 Å². The molecule has 2 N–H and O–H groups in total. The van der Waals surface area contributed by atoms with E-state index < -0.39 is 46.4 Å². The van der Waals surface area contributed by atoms with E-state index in [1.165, 1.54) is 0 Å². The molecule has 7 fully saturated rings. The molecule has 1 spiro atoms. The summed E-state index contributed by atoms with van der Waals surface area (Å²) in [5, 5.41) is 24.3. The van der Waals surface area contributed by atoms with E-state index in [2.05, 4.69) is 18.7 Å². The maximum atomic E-state index is 13.6. The molecule has 6 unspecified atom stereocenters. The quantitative estimate of drug-likeness (QED) is 0.592. The number of piperidine rings is 1. The lowest BCUT2D eigenvalue weighted by Gasteiger charge is -2.69. The molecular weight excluding hydrogens is 474 g/mol. The normalized spacial score (nSPS) is 51.4. The van der Waals surface area contributed by atoms with Gasteiger partial charge in [-0.2, -0.15) is 0 Å². The van der Waals surface area contributed by atoms with Gasteiger partial charge in [-0.25, -0.2) is 4.79 Å². The van der Waals surface area contributed by atoms with Crippen LogP contribution in [0.5, 0.6) is 0 Å².